The monoisotopic (exact) mass is 816 g/mol. The molecule has 2 aliphatic heterocycles. The Morgan fingerprint density at radius 2 is 1.16 bits per heavy atom. The Bertz CT molecular complexity index is 1160. The molecule has 1 radical (unpaired) electrons. The van der Waals surface area contributed by atoms with E-state index in [1.54, 1.807) is 0 Å². The SMILES string of the molecule is C1CCOCC1.C1CCOCC1.Cc1cccc(C)c1N=Cc1cccc(COc2c(C(C)C)cccc2C(C)C)c1.[Cl-].[Cl-].[Lu]. The van der Waals surface area contributed by atoms with Crippen LogP contribution in [0.15, 0.2) is 65.7 Å². The van der Waals surface area contributed by atoms with Crippen molar-refractivity contribution >= 4 is 11.9 Å². The van der Waals surface area contributed by atoms with E-state index in [4.69, 9.17) is 19.2 Å². The number of hydrogen-bond acceptors (Lipinski definition) is 4. The molecule has 0 saturated carbocycles. The Kier molecular flexibility index (Phi) is 24.3. The zero-order valence-electron chi connectivity index (χ0n) is 28.0. The zero-order valence-corrected chi connectivity index (χ0v) is 31.1. The van der Waals surface area contributed by atoms with Crippen molar-refractivity contribution in [3.63, 3.8) is 0 Å². The van der Waals surface area contributed by atoms with Crippen molar-refractivity contribution in [1.29, 1.82) is 0 Å². The summed E-state index contributed by atoms with van der Waals surface area (Å²) in [5.74, 6) is 1.89. The summed E-state index contributed by atoms with van der Waals surface area (Å²) in [6, 6.07) is 21.2. The molecular weight excluding hydrogens is 764 g/mol. The summed E-state index contributed by atoms with van der Waals surface area (Å²) in [5.41, 5.74) is 8.21. The summed E-state index contributed by atoms with van der Waals surface area (Å²) >= 11 is 0. The number of nitrogens with zero attached hydrogens (tertiary/aromatic N) is 1. The molecule has 3 aromatic carbocycles. The van der Waals surface area contributed by atoms with Gasteiger partial charge in [0.05, 0.1) is 5.69 Å². The normalized spacial score (nSPS) is 14.1. The molecule has 3 aromatic rings. The first kappa shape index (κ1) is 43.9. The van der Waals surface area contributed by atoms with E-state index in [0.29, 0.717) is 18.4 Å². The number of hydrogen-bond donors (Lipinski definition) is 0. The van der Waals surface area contributed by atoms with E-state index in [2.05, 4.69) is 102 Å². The fourth-order valence-corrected chi connectivity index (χ4v) is 5.09. The molecule has 0 N–H and O–H groups in total. The Morgan fingerprint density at radius 3 is 1.58 bits per heavy atom. The van der Waals surface area contributed by atoms with E-state index < -0.39 is 0 Å². The predicted octanol–water partition coefficient (Wildman–Crippen LogP) is 4.26. The van der Waals surface area contributed by atoms with Crippen LogP contribution in [-0.4, -0.2) is 32.6 Å². The number of para-hydroxylation sites is 2. The predicted molar refractivity (Wildman–Crippen MR) is 178 cm³/mol. The topological polar surface area (TPSA) is 40.0 Å². The standard InChI is InChI=1S/C28H33NO.2C5H10O.2ClH.Lu/c1-19(2)25-14-9-15-26(20(3)4)28(25)30-18-24-13-8-12-23(16-24)17-29-27-21(5)10-7-11-22(27)6;2*1-2-4-6-5-3-1;;;/h7-17,19-20H,18H2,1-6H3;2*1-5H2;2*1H;/p-2. The maximum absolute atomic E-state index is 6.39. The van der Waals surface area contributed by atoms with Crippen molar-refractivity contribution in [3.05, 3.63) is 94.0 Å². The molecule has 45 heavy (non-hydrogen) atoms. The van der Waals surface area contributed by atoms with Gasteiger partial charge in [-0.3, -0.25) is 4.99 Å². The minimum absolute atomic E-state index is 0. The van der Waals surface area contributed by atoms with Crippen molar-refractivity contribution in [1.82, 2.24) is 0 Å². The van der Waals surface area contributed by atoms with Gasteiger partial charge in [0, 0.05) is 69.5 Å². The molecule has 0 bridgehead atoms. The third kappa shape index (κ3) is 16.0. The van der Waals surface area contributed by atoms with Crippen LogP contribution in [-0.2, 0) is 16.1 Å². The van der Waals surface area contributed by atoms with Gasteiger partial charge in [-0.15, -0.1) is 0 Å². The van der Waals surface area contributed by atoms with E-state index >= 15 is 0 Å². The molecule has 0 aromatic heterocycles. The Labute approximate surface area is 315 Å². The molecule has 0 unspecified atom stereocenters. The summed E-state index contributed by atoms with van der Waals surface area (Å²) in [7, 11) is 0. The van der Waals surface area contributed by atoms with Gasteiger partial charge in [-0.25, -0.2) is 0 Å². The molecule has 2 heterocycles. The van der Waals surface area contributed by atoms with Crippen LogP contribution in [0.4, 0.5) is 5.69 Å². The molecule has 2 aliphatic rings. The van der Waals surface area contributed by atoms with Gasteiger partial charge in [-0.2, -0.15) is 0 Å². The van der Waals surface area contributed by atoms with Gasteiger partial charge in [-0.05, 0) is 104 Å². The molecule has 2 saturated heterocycles. The summed E-state index contributed by atoms with van der Waals surface area (Å²) in [6.07, 6.45) is 9.81. The largest absolute Gasteiger partial charge is 1.00 e. The first-order valence-corrected chi connectivity index (χ1v) is 16.0. The molecule has 0 amide bonds. The Hall–Kier alpha value is -1.14. The molecular formula is C38H53Cl2LuNO3-2. The maximum atomic E-state index is 6.39. The first-order valence-electron chi connectivity index (χ1n) is 16.0. The van der Waals surface area contributed by atoms with Crippen LogP contribution in [0.1, 0.15) is 111 Å². The van der Waals surface area contributed by atoms with Crippen LogP contribution in [0, 0.1) is 50.7 Å². The minimum atomic E-state index is 0. The third-order valence-corrected chi connectivity index (χ3v) is 7.59. The third-order valence-electron chi connectivity index (χ3n) is 7.59. The summed E-state index contributed by atoms with van der Waals surface area (Å²) in [4.78, 5) is 4.74. The molecule has 259 valence electrons. The van der Waals surface area contributed by atoms with Gasteiger partial charge in [-0.1, -0.05) is 82.3 Å². The van der Waals surface area contributed by atoms with Crippen molar-refractivity contribution in [3.8, 4) is 5.75 Å². The number of rotatable bonds is 7. The summed E-state index contributed by atoms with van der Waals surface area (Å²) in [6.45, 7) is 17.6. The van der Waals surface area contributed by atoms with E-state index in [0.717, 1.165) is 49.0 Å². The number of halogens is 2. The van der Waals surface area contributed by atoms with E-state index in [-0.39, 0.29) is 61.7 Å². The molecule has 4 nitrogen and oxygen atoms in total. The van der Waals surface area contributed by atoms with Crippen LogP contribution in [0.5, 0.6) is 5.75 Å². The fourth-order valence-electron chi connectivity index (χ4n) is 5.09. The second-order valence-corrected chi connectivity index (χ2v) is 12.0. The zero-order chi connectivity index (χ0) is 30.2. The molecule has 2 fully saturated rings. The van der Waals surface area contributed by atoms with Crippen molar-refractivity contribution in [2.24, 2.45) is 4.99 Å². The second kappa shape index (κ2) is 25.0. The first-order chi connectivity index (χ1) is 20.4. The van der Waals surface area contributed by atoms with E-state index in [9.17, 15) is 0 Å². The van der Waals surface area contributed by atoms with Gasteiger partial charge in [0.15, 0.2) is 0 Å². The van der Waals surface area contributed by atoms with Gasteiger partial charge in [0.25, 0.3) is 0 Å². The molecule has 0 atom stereocenters. The van der Waals surface area contributed by atoms with Crippen molar-refractivity contribution < 1.29 is 75.9 Å². The molecule has 5 rings (SSSR count). The van der Waals surface area contributed by atoms with Crippen LogP contribution < -0.4 is 29.6 Å². The van der Waals surface area contributed by atoms with Crippen LogP contribution in [0.25, 0.3) is 0 Å². The van der Waals surface area contributed by atoms with Gasteiger partial charge < -0.3 is 39.0 Å². The number of ether oxygens (including phenoxy) is 3. The fraction of sp³-hybridized carbons (Fsp3) is 0.500. The van der Waals surface area contributed by atoms with E-state index in [1.165, 1.54) is 60.8 Å². The smallest absolute Gasteiger partial charge is 0.126 e. The average molecular weight is 818 g/mol. The number of benzene rings is 3. The number of aryl methyl sites for hydroxylation is 2. The van der Waals surface area contributed by atoms with E-state index in [1.807, 2.05) is 6.21 Å². The molecule has 0 aliphatic carbocycles. The molecule has 7 heteroatoms. The molecule has 0 spiro atoms. The second-order valence-electron chi connectivity index (χ2n) is 12.0. The van der Waals surface area contributed by atoms with Crippen molar-refractivity contribution in [2.75, 3.05) is 26.4 Å². The summed E-state index contributed by atoms with van der Waals surface area (Å²) in [5, 5.41) is 0. The Balaban J connectivity index is 0.00000107. The van der Waals surface area contributed by atoms with Gasteiger partial charge >= 0.3 is 0 Å². The van der Waals surface area contributed by atoms with Crippen LogP contribution in [0.3, 0.4) is 0 Å². The Morgan fingerprint density at radius 1 is 0.689 bits per heavy atom. The van der Waals surface area contributed by atoms with Crippen LogP contribution >= 0.6 is 0 Å². The summed E-state index contributed by atoms with van der Waals surface area (Å²) < 4.78 is 16.5. The van der Waals surface area contributed by atoms with Gasteiger partial charge in [0.2, 0.25) is 0 Å². The number of aliphatic imine (C=N–C) groups is 1. The van der Waals surface area contributed by atoms with Crippen molar-refractivity contribution in [2.45, 2.75) is 98.5 Å². The quantitative estimate of drug-likeness (QED) is 0.335. The van der Waals surface area contributed by atoms with Gasteiger partial charge in [0.1, 0.15) is 12.4 Å². The average Bonchev–Trinajstić information content (AvgIpc) is 3.02. The van der Waals surface area contributed by atoms with Crippen LogP contribution in [0.2, 0.25) is 0 Å². The maximum Gasteiger partial charge on any atom is 0.126 e. The minimum Gasteiger partial charge on any atom is -1.00 e.